The molecule has 3 heterocycles. The van der Waals surface area contributed by atoms with E-state index in [2.05, 4.69) is 56.5 Å². The van der Waals surface area contributed by atoms with Gasteiger partial charge in [-0.2, -0.15) is 0 Å². The van der Waals surface area contributed by atoms with Crippen LogP contribution in [0.4, 0.5) is 5.82 Å². The van der Waals surface area contributed by atoms with Crippen LogP contribution in [0.15, 0.2) is 12.7 Å². The van der Waals surface area contributed by atoms with Crippen molar-refractivity contribution in [1.29, 1.82) is 0 Å². The number of ether oxygens (including phenoxy) is 1. The number of nitrogen functional groups attached to an aromatic ring is 1. The van der Waals surface area contributed by atoms with Gasteiger partial charge in [-0.3, -0.25) is 4.57 Å². The number of aliphatic hydroxyl groups excluding tert-OH is 1. The smallest absolute Gasteiger partial charge is 0.201 e. The van der Waals surface area contributed by atoms with E-state index in [1.165, 1.54) is 6.33 Å². The molecule has 1 saturated heterocycles. The Morgan fingerprint density at radius 3 is 2.39 bits per heavy atom. The second-order valence-corrected chi connectivity index (χ2v) is 15.8. The molecule has 4 atom stereocenters. The summed E-state index contributed by atoms with van der Waals surface area (Å²) in [4.78, 5) is 12.8. The zero-order chi connectivity index (χ0) is 22.9. The van der Waals surface area contributed by atoms with Gasteiger partial charge in [-0.15, -0.1) is 11.8 Å². The number of nitrogens with two attached hydrogens (primary N) is 1. The predicted octanol–water partition coefficient (Wildman–Crippen LogP) is 4.33. The molecule has 1 unspecified atom stereocenters. The van der Waals surface area contributed by atoms with Crippen LogP contribution in [0.5, 0.6) is 0 Å². The highest BCUT2D eigenvalue weighted by atomic mass is 32.2. The van der Waals surface area contributed by atoms with Crippen LogP contribution in [0.2, 0.25) is 16.6 Å². The highest BCUT2D eigenvalue weighted by molar-refractivity contribution is 7.99. The van der Waals surface area contributed by atoms with Gasteiger partial charge in [-0.25, -0.2) is 15.0 Å². The molecule has 0 bridgehead atoms. The van der Waals surface area contributed by atoms with Crippen molar-refractivity contribution in [2.45, 2.75) is 95.2 Å². The summed E-state index contributed by atoms with van der Waals surface area (Å²) in [6, 6.07) is 0. The lowest BCUT2D eigenvalue weighted by Gasteiger charge is -2.42. The first-order valence-corrected chi connectivity index (χ1v) is 14.4. The number of hydrogen-bond acceptors (Lipinski definition) is 8. The molecule has 0 aliphatic carbocycles. The van der Waals surface area contributed by atoms with Crippen molar-refractivity contribution in [3.63, 3.8) is 0 Å². The van der Waals surface area contributed by atoms with Crippen LogP contribution in [-0.2, 0) is 9.16 Å². The molecule has 2 aromatic rings. The van der Waals surface area contributed by atoms with Crippen LogP contribution in [-0.4, -0.2) is 56.3 Å². The molecule has 1 fully saturated rings. The molecule has 3 rings (SSSR count). The minimum Gasteiger partial charge on any atom is -0.407 e. The minimum atomic E-state index is -1.99. The zero-order valence-corrected chi connectivity index (χ0v) is 21.5. The van der Waals surface area contributed by atoms with Gasteiger partial charge in [0.1, 0.15) is 11.8 Å². The number of aliphatic hydroxyl groups is 1. The Morgan fingerprint density at radius 1 is 1.16 bits per heavy atom. The summed E-state index contributed by atoms with van der Waals surface area (Å²) in [7, 11) is -1.99. The van der Waals surface area contributed by atoms with Gasteiger partial charge in [0.25, 0.3) is 0 Å². The first kappa shape index (κ1) is 24.4. The molecule has 1 aliphatic rings. The van der Waals surface area contributed by atoms with E-state index >= 15 is 0 Å². The SMILES string of the molecule is CC[C@H]1O[C@@H](n2cnc3c(N)ncnc32)C(SCO[Si](C(C)C)(C(C)C)C(C)C)[C@H]1O. The van der Waals surface area contributed by atoms with Gasteiger partial charge >= 0.3 is 0 Å². The third-order valence-corrected chi connectivity index (χ3v) is 14.1. The third-order valence-electron chi connectivity index (χ3n) is 6.65. The fraction of sp³-hybridized carbons (Fsp3) is 0.762. The van der Waals surface area contributed by atoms with Crippen molar-refractivity contribution in [3.8, 4) is 0 Å². The number of hydrogen-bond donors (Lipinski definition) is 2. The highest BCUT2D eigenvalue weighted by Gasteiger charge is 2.47. The van der Waals surface area contributed by atoms with Crippen LogP contribution >= 0.6 is 11.8 Å². The molecule has 0 saturated carbocycles. The van der Waals surface area contributed by atoms with Crippen LogP contribution in [0.1, 0.15) is 61.1 Å². The van der Waals surface area contributed by atoms with Gasteiger partial charge in [0, 0.05) is 0 Å². The Hall–Kier alpha value is -1.20. The number of anilines is 1. The largest absolute Gasteiger partial charge is 0.407 e. The highest BCUT2D eigenvalue weighted by Crippen LogP contribution is 2.45. The average molecular weight is 468 g/mol. The van der Waals surface area contributed by atoms with Crippen LogP contribution < -0.4 is 5.73 Å². The Bertz CT molecular complexity index is 856. The van der Waals surface area contributed by atoms with Crippen molar-refractivity contribution in [2.75, 3.05) is 11.7 Å². The Labute approximate surface area is 190 Å². The number of thioether (sulfide) groups is 1. The summed E-state index contributed by atoms with van der Waals surface area (Å²) in [5.41, 5.74) is 8.65. The van der Waals surface area contributed by atoms with E-state index in [-0.39, 0.29) is 11.4 Å². The molecule has 174 valence electrons. The monoisotopic (exact) mass is 467 g/mol. The van der Waals surface area contributed by atoms with Crippen molar-refractivity contribution >= 4 is 37.1 Å². The van der Waals surface area contributed by atoms with Gasteiger partial charge < -0.3 is 20.0 Å². The number of rotatable bonds is 9. The summed E-state index contributed by atoms with van der Waals surface area (Å²) in [5.74, 6) is 0.867. The fourth-order valence-electron chi connectivity index (χ4n) is 5.23. The van der Waals surface area contributed by atoms with E-state index in [0.29, 0.717) is 39.5 Å². The van der Waals surface area contributed by atoms with Crippen molar-refractivity contribution in [3.05, 3.63) is 12.7 Å². The lowest BCUT2D eigenvalue weighted by atomic mass is 10.1. The molecule has 10 heteroatoms. The maximum Gasteiger partial charge on any atom is 0.201 e. The van der Waals surface area contributed by atoms with Crippen LogP contribution in [0.3, 0.4) is 0 Å². The number of aromatic nitrogens is 4. The molecule has 0 aromatic carbocycles. The topological polar surface area (TPSA) is 108 Å². The molecule has 1 aliphatic heterocycles. The molecule has 8 nitrogen and oxygen atoms in total. The van der Waals surface area contributed by atoms with E-state index in [0.717, 1.165) is 6.42 Å². The van der Waals surface area contributed by atoms with Crippen molar-refractivity contribution in [1.82, 2.24) is 19.5 Å². The quantitative estimate of drug-likeness (QED) is 0.414. The van der Waals surface area contributed by atoms with Crippen LogP contribution in [0, 0.1) is 0 Å². The summed E-state index contributed by atoms with van der Waals surface area (Å²) in [6.07, 6.45) is 2.57. The van der Waals surface area contributed by atoms with Gasteiger partial charge in [0.15, 0.2) is 17.7 Å². The zero-order valence-electron chi connectivity index (χ0n) is 19.6. The lowest BCUT2D eigenvalue weighted by Crippen LogP contribution is -2.48. The van der Waals surface area contributed by atoms with E-state index in [1.54, 1.807) is 18.1 Å². The maximum absolute atomic E-state index is 11.0. The third kappa shape index (κ3) is 4.37. The van der Waals surface area contributed by atoms with E-state index in [4.69, 9.17) is 14.9 Å². The number of nitrogens with zero attached hydrogens (tertiary/aromatic N) is 4. The van der Waals surface area contributed by atoms with E-state index in [9.17, 15) is 5.11 Å². The summed E-state index contributed by atoms with van der Waals surface area (Å²) in [6.45, 7) is 15.7. The average Bonchev–Trinajstić information content (AvgIpc) is 3.26. The second-order valence-electron chi connectivity index (χ2n) is 9.26. The fourth-order valence-corrected chi connectivity index (χ4v) is 12.2. The van der Waals surface area contributed by atoms with Crippen LogP contribution in [0.25, 0.3) is 11.2 Å². The normalized spacial score (nSPS) is 24.9. The van der Waals surface area contributed by atoms with Crippen molar-refractivity contribution < 1.29 is 14.3 Å². The number of fused-ring (bicyclic) bond motifs is 1. The van der Waals surface area contributed by atoms with Gasteiger partial charge in [0.2, 0.25) is 8.32 Å². The standard InChI is InChI=1S/C21H37N5O3SSi/c1-8-15-17(27)18(30-11-28-31(12(2)3,13(4)5)14(6)7)21(29-15)26-10-25-16-19(22)23-9-24-20(16)26/h9-10,12-15,17-18,21,27H,8,11H2,1-7H3,(H2,22,23,24)/t15-,17+,18?,21-/m1/s1. The Morgan fingerprint density at radius 2 is 1.81 bits per heavy atom. The molecular weight excluding hydrogens is 430 g/mol. The molecule has 3 N–H and O–H groups in total. The first-order chi connectivity index (χ1) is 14.6. The summed E-state index contributed by atoms with van der Waals surface area (Å²) < 4.78 is 14.9. The molecule has 0 amide bonds. The minimum absolute atomic E-state index is 0.197. The molecule has 0 radical (unpaired) electrons. The second kappa shape index (κ2) is 9.74. The predicted molar refractivity (Wildman–Crippen MR) is 128 cm³/mol. The molecule has 31 heavy (non-hydrogen) atoms. The molecular formula is C21H37N5O3SSi. The van der Waals surface area contributed by atoms with Gasteiger partial charge in [-0.05, 0) is 23.0 Å². The Kier molecular flexibility index (Phi) is 7.68. The molecule has 0 spiro atoms. The van der Waals surface area contributed by atoms with E-state index in [1.807, 2.05) is 11.5 Å². The summed E-state index contributed by atoms with van der Waals surface area (Å²) >= 11 is 1.62. The Balaban J connectivity index is 1.84. The first-order valence-electron chi connectivity index (χ1n) is 11.2. The lowest BCUT2D eigenvalue weighted by molar-refractivity contribution is -0.0180. The van der Waals surface area contributed by atoms with E-state index < -0.39 is 20.6 Å². The summed E-state index contributed by atoms with van der Waals surface area (Å²) in [5, 5.41) is 10.8. The van der Waals surface area contributed by atoms with Crippen molar-refractivity contribution in [2.24, 2.45) is 0 Å². The van der Waals surface area contributed by atoms with Gasteiger partial charge in [-0.1, -0.05) is 48.5 Å². The maximum atomic E-state index is 11.0. The molecule has 2 aromatic heterocycles. The van der Waals surface area contributed by atoms with Gasteiger partial charge in [0.05, 0.1) is 29.7 Å². The number of imidazole rings is 1.